The molecule has 4 heteroatoms. The molecular weight excluding hydrogens is 777 g/mol. The monoisotopic (exact) mass is 820 g/mol. The molecular formula is C57H44N2S2. The fourth-order valence-electron chi connectivity index (χ4n) is 9.17. The van der Waals surface area contributed by atoms with Gasteiger partial charge in [-0.05, 0) is 115 Å². The summed E-state index contributed by atoms with van der Waals surface area (Å²) in [5.41, 5.74) is 20.1. The lowest BCUT2D eigenvalue weighted by Gasteiger charge is -2.29. The molecule has 0 saturated carbocycles. The molecule has 2 aliphatic heterocycles. The summed E-state index contributed by atoms with van der Waals surface area (Å²) in [7, 11) is 4.33. The van der Waals surface area contributed by atoms with Crippen LogP contribution in [0.1, 0.15) is 47.2 Å². The molecule has 0 bridgehead atoms. The van der Waals surface area contributed by atoms with E-state index in [1.54, 1.807) is 0 Å². The first-order chi connectivity index (χ1) is 29.8. The number of nitrogens with zero attached hydrogens (tertiary/aromatic N) is 2. The maximum Gasteiger partial charge on any atom is 0.0556 e. The summed E-state index contributed by atoms with van der Waals surface area (Å²) in [4.78, 5) is 9.81. The topological polar surface area (TPSA) is 6.48 Å². The van der Waals surface area contributed by atoms with E-state index in [1.165, 1.54) is 109 Å². The van der Waals surface area contributed by atoms with Gasteiger partial charge in [-0.1, -0.05) is 183 Å². The molecule has 0 amide bonds. The molecule has 8 aromatic rings. The molecule has 8 aromatic carbocycles. The van der Waals surface area contributed by atoms with Crippen molar-refractivity contribution in [2.75, 3.05) is 23.9 Å². The highest BCUT2D eigenvalue weighted by Crippen LogP contribution is 2.51. The summed E-state index contributed by atoms with van der Waals surface area (Å²) in [6.45, 7) is 4.73. The van der Waals surface area contributed by atoms with Crippen molar-refractivity contribution in [3.63, 3.8) is 0 Å². The Labute approximate surface area is 367 Å². The van der Waals surface area contributed by atoms with Crippen molar-refractivity contribution in [1.29, 1.82) is 0 Å². The smallest absolute Gasteiger partial charge is 0.0556 e. The highest BCUT2D eigenvalue weighted by atomic mass is 32.2. The number of hydrogen-bond donors (Lipinski definition) is 0. The van der Waals surface area contributed by atoms with E-state index in [4.69, 9.17) is 0 Å². The van der Waals surface area contributed by atoms with E-state index in [-0.39, 0.29) is 5.41 Å². The number of benzene rings is 8. The van der Waals surface area contributed by atoms with Crippen LogP contribution in [-0.2, 0) is 5.41 Å². The molecule has 1 aliphatic carbocycles. The quantitative estimate of drug-likeness (QED) is 0.154. The molecule has 0 unspecified atom stereocenters. The standard InChI is InChI=1S/C57H44N2S2/c1-57(2)47-33-39(15-13-37-17-23-41(24-18-37)43-27-31-55-51(35-43)58(3)49-9-5-7-11-53(49)60-55)21-29-45(47)46-30-22-40(34-48(46)57)16-14-38-19-25-42(26-20-38)44-28-32-56-52(36-44)59(4)50-10-6-8-12-54(50)61-56/h5-36H,1-4H3/b15-13+,16-14+. The number of anilines is 4. The van der Waals surface area contributed by atoms with Crippen LogP contribution in [0.2, 0.25) is 0 Å². The number of hydrogen-bond acceptors (Lipinski definition) is 4. The lowest BCUT2D eigenvalue weighted by molar-refractivity contribution is 0.660. The average Bonchev–Trinajstić information content (AvgIpc) is 3.52. The van der Waals surface area contributed by atoms with Crippen LogP contribution in [-0.4, -0.2) is 14.1 Å². The van der Waals surface area contributed by atoms with Crippen molar-refractivity contribution in [3.05, 3.63) is 203 Å². The zero-order valence-electron chi connectivity index (χ0n) is 34.7. The Hall–Kier alpha value is -6.46. The maximum absolute atomic E-state index is 2.38. The van der Waals surface area contributed by atoms with Gasteiger partial charge >= 0.3 is 0 Å². The molecule has 0 spiro atoms. The van der Waals surface area contributed by atoms with Crippen LogP contribution in [0, 0.1) is 0 Å². The molecule has 61 heavy (non-hydrogen) atoms. The zero-order chi connectivity index (χ0) is 41.2. The Kier molecular flexibility index (Phi) is 9.18. The third-order valence-electron chi connectivity index (χ3n) is 12.7. The molecule has 0 radical (unpaired) electrons. The summed E-state index contributed by atoms with van der Waals surface area (Å²) in [6.07, 6.45) is 8.96. The van der Waals surface area contributed by atoms with Crippen LogP contribution in [0.5, 0.6) is 0 Å². The summed E-state index contributed by atoms with van der Waals surface area (Å²) < 4.78 is 0. The molecule has 0 N–H and O–H groups in total. The van der Waals surface area contributed by atoms with E-state index in [1.807, 2.05) is 23.5 Å². The Morgan fingerprint density at radius 3 is 1.16 bits per heavy atom. The SMILES string of the molecule is CN1c2ccccc2Sc2ccc(-c3ccc(/C=C/c4ccc5c(c4)C(C)(C)c4cc(/C=C/c6ccc(-c7ccc8c(c7)N(C)c7ccccc7S8)cc6)ccc4-5)cc3)cc21. The molecule has 2 heterocycles. The number of fused-ring (bicyclic) bond motifs is 7. The van der Waals surface area contributed by atoms with Gasteiger partial charge in [-0.25, -0.2) is 0 Å². The van der Waals surface area contributed by atoms with Crippen LogP contribution in [0.25, 0.3) is 57.7 Å². The zero-order valence-corrected chi connectivity index (χ0v) is 36.3. The molecule has 0 fully saturated rings. The van der Waals surface area contributed by atoms with Crippen LogP contribution in [0.15, 0.2) is 189 Å². The lowest BCUT2D eigenvalue weighted by Crippen LogP contribution is -2.15. The Balaban J connectivity index is 0.770. The average molecular weight is 821 g/mol. The third kappa shape index (κ3) is 6.71. The summed E-state index contributed by atoms with van der Waals surface area (Å²) >= 11 is 3.70. The van der Waals surface area contributed by atoms with E-state index >= 15 is 0 Å². The van der Waals surface area contributed by atoms with Crippen molar-refractivity contribution in [3.8, 4) is 33.4 Å². The van der Waals surface area contributed by atoms with Gasteiger partial charge in [-0.15, -0.1) is 0 Å². The van der Waals surface area contributed by atoms with E-state index in [9.17, 15) is 0 Å². The summed E-state index contributed by atoms with van der Waals surface area (Å²) in [6, 6.07) is 62.7. The van der Waals surface area contributed by atoms with Gasteiger partial charge in [-0.2, -0.15) is 0 Å². The van der Waals surface area contributed by atoms with E-state index < -0.39 is 0 Å². The van der Waals surface area contributed by atoms with Crippen molar-refractivity contribution in [2.45, 2.75) is 38.8 Å². The van der Waals surface area contributed by atoms with Crippen LogP contribution >= 0.6 is 23.5 Å². The molecule has 3 aliphatic rings. The summed E-state index contributed by atoms with van der Waals surface area (Å²) in [5.74, 6) is 0. The van der Waals surface area contributed by atoms with Gasteiger partial charge in [0.2, 0.25) is 0 Å². The molecule has 294 valence electrons. The van der Waals surface area contributed by atoms with Gasteiger partial charge in [0.25, 0.3) is 0 Å². The van der Waals surface area contributed by atoms with Gasteiger partial charge in [-0.3, -0.25) is 0 Å². The molecule has 2 nitrogen and oxygen atoms in total. The predicted octanol–water partition coefficient (Wildman–Crippen LogP) is 16.1. The predicted molar refractivity (Wildman–Crippen MR) is 263 cm³/mol. The first kappa shape index (κ1) is 37.5. The highest BCUT2D eigenvalue weighted by molar-refractivity contribution is 8.00. The minimum Gasteiger partial charge on any atom is -0.343 e. The second-order valence-electron chi connectivity index (χ2n) is 16.8. The number of para-hydroxylation sites is 2. The highest BCUT2D eigenvalue weighted by Gasteiger charge is 2.35. The van der Waals surface area contributed by atoms with Crippen LogP contribution in [0.3, 0.4) is 0 Å². The molecule has 0 saturated heterocycles. The van der Waals surface area contributed by atoms with Crippen LogP contribution in [0.4, 0.5) is 22.7 Å². The van der Waals surface area contributed by atoms with Crippen molar-refractivity contribution in [1.82, 2.24) is 0 Å². The maximum atomic E-state index is 2.38. The fraction of sp³-hybridized carbons (Fsp3) is 0.0877. The molecule has 11 rings (SSSR count). The summed E-state index contributed by atoms with van der Waals surface area (Å²) in [5, 5.41) is 0. The molecule has 0 aromatic heterocycles. The number of rotatable bonds is 6. The Bertz CT molecular complexity index is 2870. The second kappa shape index (κ2) is 14.9. The van der Waals surface area contributed by atoms with E-state index in [0.717, 1.165) is 0 Å². The van der Waals surface area contributed by atoms with Gasteiger partial charge < -0.3 is 9.80 Å². The van der Waals surface area contributed by atoms with Gasteiger partial charge in [0.1, 0.15) is 0 Å². The van der Waals surface area contributed by atoms with Crippen molar-refractivity contribution in [2.24, 2.45) is 0 Å². The minimum absolute atomic E-state index is 0.102. The first-order valence-corrected chi connectivity index (χ1v) is 22.6. The first-order valence-electron chi connectivity index (χ1n) is 20.9. The lowest BCUT2D eigenvalue weighted by atomic mass is 9.81. The van der Waals surface area contributed by atoms with Crippen LogP contribution < -0.4 is 9.80 Å². The van der Waals surface area contributed by atoms with Gasteiger partial charge in [0, 0.05) is 39.1 Å². The Morgan fingerprint density at radius 2 is 0.721 bits per heavy atom. The van der Waals surface area contributed by atoms with Gasteiger partial charge in [0.05, 0.1) is 22.7 Å². The Morgan fingerprint density at radius 1 is 0.361 bits per heavy atom. The second-order valence-corrected chi connectivity index (χ2v) is 18.9. The molecule has 0 atom stereocenters. The fourth-order valence-corrected chi connectivity index (χ4v) is 11.4. The van der Waals surface area contributed by atoms with Gasteiger partial charge in [0.15, 0.2) is 0 Å². The van der Waals surface area contributed by atoms with Crippen molar-refractivity contribution < 1.29 is 0 Å². The van der Waals surface area contributed by atoms with Crippen molar-refractivity contribution >= 4 is 70.6 Å². The van der Waals surface area contributed by atoms with E-state index in [0.29, 0.717) is 0 Å². The third-order valence-corrected chi connectivity index (χ3v) is 14.9. The minimum atomic E-state index is -0.102. The van der Waals surface area contributed by atoms with E-state index in [2.05, 4.69) is 232 Å². The normalized spacial score (nSPS) is 14.4. The largest absolute Gasteiger partial charge is 0.343 e.